The summed E-state index contributed by atoms with van der Waals surface area (Å²) in [5.41, 5.74) is 1.92. The summed E-state index contributed by atoms with van der Waals surface area (Å²) in [5.74, 6) is 0.277. The second-order valence-electron chi connectivity index (χ2n) is 7.89. The molecule has 1 amide bonds. The number of hydrogen-bond acceptors (Lipinski definition) is 5. The second-order valence-corrected chi connectivity index (χ2v) is 9.87. The summed E-state index contributed by atoms with van der Waals surface area (Å²) in [5, 5.41) is 10.9. The van der Waals surface area contributed by atoms with E-state index in [1.165, 1.54) is 10.6 Å². The Bertz CT molecular complexity index is 797. The highest BCUT2D eigenvalue weighted by molar-refractivity contribution is 7.88. The van der Waals surface area contributed by atoms with E-state index < -0.39 is 10.0 Å². The lowest BCUT2D eigenvalue weighted by Crippen LogP contribution is -2.33. The van der Waals surface area contributed by atoms with E-state index in [2.05, 4.69) is 15.7 Å². The minimum atomic E-state index is -3.21. The van der Waals surface area contributed by atoms with E-state index in [9.17, 15) is 13.2 Å². The average Bonchev–Trinajstić information content (AvgIpc) is 3.21. The van der Waals surface area contributed by atoms with Gasteiger partial charge in [-0.3, -0.25) is 9.48 Å². The third-order valence-electron chi connectivity index (χ3n) is 6.05. The Kier molecular flexibility index (Phi) is 4.56. The first-order valence-electron chi connectivity index (χ1n) is 9.37. The Morgan fingerprint density at radius 3 is 2.88 bits per heavy atom. The monoisotopic (exact) mass is 381 g/mol. The molecule has 4 rings (SSSR count). The highest BCUT2D eigenvalue weighted by atomic mass is 32.2. The van der Waals surface area contributed by atoms with E-state index in [0.717, 1.165) is 50.2 Å². The molecule has 9 heteroatoms. The largest absolute Gasteiger partial charge is 0.350 e. The van der Waals surface area contributed by atoms with Crippen molar-refractivity contribution >= 4 is 15.9 Å². The Labute approximate surface area is 154 Å². The van der Waals surface area contributed by atoms with E-state index in [-0.39, 0.29) is 17.2 Å². The topological polar surface area (TPSA) is 96.3 Å². The molecule has 2 N–H and O–H groups in total. The van der Waals surface area contributed by atoms with Gasteiger partial charge in [0.25, 0.3) is 0 Å². The smallest absolute Gasteiger partial charge is 0.224 e. The maximum atomic E-state index is 12.5. The molecule has 1 aromatic rings. The van der Waals surface area contributed by atoms with Crippen molar-refractivity contribution in [1.29, 1.82) is 0 Å². The van der Waals surface area contributed by atoms with Gasteiger partial charge in [-0.2, -0.15) is 9.40 Å². The number of carbonyl (C=O) groups excluding carboxylic acids is 1. The van der Waals surface area contributed by atoms with Crippen LogP contribution in [0.2, 0.25) is 0 Å². The van der Waals surface area contributed by atoms with Crippen molar-refractivity contribution in [3.63, 3.8) is 0 Å². The molecule has 144 valence electrons. The highest BCUT2D eigenvalue weighted by Gasteiger charge is 2.57. The minimum absolute atomic E-state index is 0.132. The molecule has 2 fully saturated rings. The van der Waals surface area contributed by atoms with Crippen LogP contribution < -0.4 is 10.6 Å². The van der Waals surface area contributed by atoms with Gasteiger partial charge in [-0.1, -0.05) is 0 Å². The normalized spacial score (nSPS) is 25.5. The first kappa shape index (κ1) is 17.9. The van der Waals surface area contributed by atoms with Crippen LogP contribution in [0.1, 0.15) is 37.1 Å². The van der Waals surface area contributed by atoms with Gasteiger partial charge < -0.3 is 10.6 Å². The number of aryl methyl sites for hydroxylation is 1. The quantitative estimate of drug-likeness (QED) is 0.769. The molecular formula is C17H27N5O3S. The van der Waals surface area contributed by atoms with Crippen LogP contribution >= 0.6 is 0 Å². The summed E-state index contributed by atoms with van der Waals surface area (Å²) in [7, 11) is -3.21. The lowest BCUT2D eigenvalue weighted by atomic mass is 9.92. The summed E-state index contributed by atoms with van der Waals surface area (Å²) >= 11 is 0. The van der Waals surface area contributed by atoms with Gasteiger partial charge in [0.15, 0.2) is 0 Å². The van der Waals surface area contributed by atoms with Crippen molar-refractivity contribution in [1.82, 2.24) is 24.7 Å². The summed E-state index contributed by atoms with van der Waals surface area (Å²) in [6.07, 6.45) is 5.17. The molecular weight excluding hydrogens is 354 g/mol. The zero-order valence-electron chi connectivity index (χ0n) is 15.2. The fourth-order valence-corrected chi connectivity index (χ4v) is 5.19. The van der Waals surface area contributed by atoms with Gasteiger partial charge in [0, 0.05) is 19.0 Å². The molecule has 8 nitrogen and oxygen atoms in total. The average molecular weight is 382 g/mol. The number of rotatable bonds is 4. The predicted octanol–water partition coefficient (Wildman–Crippen LogP) is 0.0543. The highest BCUT2D eigenvalue weighted by Crippen LogP contribution is 2.58. The zero-order chi connectivity index (χ0) is 18.4. The Morgan fingerprint density at radius 2 is 2.15 bits per heavy atom. The van der Waals surface area contributed by atoms with Crippen LogP contribution in [0.4, 0.5) is 0 Å². The summed E-state index contributed by atoms with van der Waals surface area (Å²) in [6, 6.07) is 1.91. The van der Waals surface area contributed by atoms with E-state index in [4.69, 9.17) is 0 Å². The van der Waals surface area contributed by atoms with Crippen molar-refractivity contribution in [3.8, 4) is 0 Å². The number of hydrogen-bond donors (Lipinski definition) is 2. The van der Waals surface area contributed by atoms with Gasteiger partial charge in [0.1, 0.15) is 0 Å². The third-order valence-corrected chi connectivity index (χ3v) is 7.30. The molecule has 3 aliphatic rings. The van der Waals surface area contributed by atoms with E-state index in [1.54, 1.807) is 0 Å². The number of nitrogens with one attached hydrogen (secondary N) is 2. The molecule has 1 saturated heterocycles. The molecule has 1 aromatic heterocycles. The lowest BCUT2D eigenvalue weighted by molar-refractivity contribution is -0.123. The molecule has 0 bridgehead atoms. The van der Waals surface area contributed by atoms with Crippen molar-refractivity contribution < 1.29 is 13.2 Å². The molecule has 0 aromatic carbocycles. The van der Waals surface area contributed by atoms with Crippen LogP contribution in [0, 0.1) is 11.3 Å². The van der Waals surface area contributed by atoms with Gasteiger partial charge in [-0.05, 0) is 50.3 Å². The van der Waals surface area contributed by atoms with E-state index >= 15 is 0 Å². The molecule has 1 aliphatic carbocycles. The number of nitrogens with zero attached hydrogens (tertiary/aromatic N) is 3. The zero-order valence-corrected chi connectivity index (χ0v) is 16.0. The Morgan fingerprint density at radius 1 is 1.38 bits per heavy atom. The van der Waals surface area contributed by atoms with Crippen LogP contribution in [0.15, 0.2) is 6.07 Å². The van der Waals surface area contributed by atoms with Crippen molar-refractivity contribution in [2.75, 3.05) is 25.9 Å². The molecule has 0 radical (unpaired) electrons. The fourth-order valence-electron chi connectivity index (χ4n) is 4.36. The van der Waals surface area contributed by atoms with Gasteiger partial charge in [-0.15, -0.1) is 0 Å². The van der Waals surface area contributed by atoms with Crippen LogP contribution in [-0.2, 0) is 34.5 Å². The molecule has 1 unspecified atom stereocenters. The van der Waals surface area contributed by atoms with Crippen LogP contribution in [0.5, 0.6) is 0 Å². The van der Waals surface area contributed by atoms with Gasteiger partial charge in [0.05, 0.1) is 30.7 Å². The van der Waals surface area contributed by atoms with Gasteiger partial charge >= 0.3 is 0 Å². The van der Waals surface area contributed by atoms with Crippen LogP contribution in [-0.4, -0.2) is 54.3 Å². The Balaban J connectivity index is 1.36. The second kappa shape index (κ2) is 6.61. The lowest BCUT2D eigenvalue weighted by Gasteiger charge is -2.23. The molecule has 2 aliphatic heterocycles. The number of aromatic nitrogens is 2. The molecule has 1 atom stereocenters. The van der Waals surface area contributed by atoms with Crippen molar-refractivity contribution in [2.45, 2.75) is 45.3 Å². The third kappa shape index (κ3) is 3.52. The molecule has 1 saturated carbocycles. The van der Waals surface area contributed by atoms with Gasteiger partial charge in [0.2, 0.25) is 15.9 Å². The maximum Gasteiger partial charge on any atom is 0.224 e. The minimum Gasteiger partial charge on any atom is -0.350 e. The van der Waals surface area contributed by atoms with Crippen LogP contribution in [0.3, 0.4) is 0 Å². The molecule has 1 spiro atoms. The number of amides is 1. The Hall–Kier alpha value is -1.45. The fraction of sp³-hybridized carbons (Fsp3) is 0.765. The van der Waals surface area contributed by atoms with Crippen molar-refractivity contribution in [3.05, 3.63) is 17.5 Å². The van der Waals surface area contributed by atoms with E-state index in [0.29, 0.717) is 26.2 Å². The molecule has 3 heterocycles. The maximum absolute atomic E-state index is 12.5. The number of sulfonamides is 1. The van der Waals surface area contributed by atoms with Crippen LogP contribution in [0.25, 0.3) is 0 Å². The summed E-state index contributed by atoms with van der Waals surface area (Å²) in [4.78, 5) is 12.5. The summed E-state index contributed by atoms with van der Waals surface area (Å²) < 4.78 is 27.0. The standard InChI is InChI=1S/C17H27N5O3S/c1-26(24,25)21-7-2-8-22-14(12-21)9-13(20-22)11-19-16(23)15-10-17(15)3-5-18-6-4-17/h9,15,18H,2-8,10-12H2,1H3,(H,19,23). The van der Waals surface area contributed by atoms with E-state index in [1.807, 2.05) is 10.7 Å². The molecule has 26 heavy (non-hydrogen) atoms. The van der Waals surface area contributed by atoms with Crippen molar-refractivity contribution in [2.24, 2.45) is 11.3 Å². The first-order valence-corrected chi connectivity index (χ1v) is 11.2. The number of piperidine rings is 1. The predicted molar refractivity (Wildman–Crippen MR) is 96.6 cm³/mol. The summed E-state index contributed by atoms with van der Waals surface area (Å²) in [6.45, 7) is 3.99. The number of fused-ring (bicyclic) bond motifs is 1. The number of carbonyl (C=O) groups is 1. The first-order chi connectivity index (χ1) is 12.4. The van der Waals surface area contributed by atoms with Gasteiger partial charge in [-0.25, -0.2) is 8.42 Å². The SMILES string of the molecule is CS(=O)(=O)N1CCCn2nc(CNC(=O)C3CC34CCNCC4)cc2C1.